The van der Waals surface area contributed by atoms with Crippen LogP contribution in [0.3, 0.4) is 0 Å². The number of fused-ring (bicyclic) bond motifs is 1. The summed E-state index contributed by atoms with van der Waals surface area (Å²) in [6.45, 7) is 8.81. The van der Waals surface area contributed by atoms with Gasteiger partial charge in [-0.1, -0.05) is 6.92 Å². The Morgan fingerprint density at radius 3 is 2.78 bits per heavy atom. The number of amides is 1. The lowest BCUT2D eigenvalue weighted by Crippen LogP contribution is -3.14. The van der Waals surface area contributed by atoms with Crippen LogP contribution < -0.4 is 20.6 Å². The fourth-order valence-corrected chi connectivity index (χ4v) is 3.35. The maximum absolute atomic E-state index is 12.1. The predicted molar refractivity (Wildman–Crippen MR) is 101 cm³/mol. The summed E-state index contributed by atoms with van der Waals surface area (Å²) in [5, 5.41) is 3.66. The molecule has 0 radical (unpaired) electrons. The van der Waals surface area contributed by atoms with E-state index in [4.69, 9.17) is 13.9 Å². The lowest BCUT2D eigenvalue weighted by atomic mass is 10.1. The summed E-state index contributed by atoms with van der Waals surface area (Å²) in [4.78, 5) is 25.3. The van der Waals surface area contributed by atoms with Gasteiger partial charge in [0.25, 0.3) is 5.91 Å². The third-order valence-electron chi connectivity index (χ3n) is 4.77. The number of nitrogens with one attached hydrogen (secondary N) is 2. The predicted octanol–water partition coefficient (Wildman–Crippen LogP) is 0.0739. The first-order valence-corrected chi connectivity index (χ1v) is 9.45. The molecule has 1 aromatic carbocycles. The second-order valence-corrected chi connectivity index (χ2v) is 6.83. The van der Waals surface area contributed by atoms with Crippen molar-refractivity contribution in [2.45, 2.75) is 20.3 Å². The molecule has 7 heteroatoms. The van der Waals surface area contributed by atoms with Crippen LogP contribution in [-0.2, 0) is 16.0 Å². The second-order valence-electron chi connectivity index (χ2n) is 6.83. The van der Waals surface area contributed by atoms with Crippen LogP contribution in [0.15, 0.2) is 27.4 Å². The molecular weight excluding hydrogens is 348 g/mol. The Kier molecular flexibility index (Phi) is 6.47. The monoisotopic (exact) mass is 375 g/mol. The number of carbonyl (C=O) groups is 1. The quantitative estimate of drug-likeness (QED) is 0.670. The molecule has 0 atom stereocenters. The molecule has 0 aliphatic carbocycles. The summed E-state index contributed by atoms with van der Waals surface area (Å²) >= 11 is 0. The molecule has 2 aromatic rings. The van der Waals surface area contributed by atoms with E-state index in [0.29, 0.717) is 24.3 Å². The largest absolute Gasteiger partial charge is 0.483 e. The van der Waals surface area contributed by atoms with E-state index >= 15 is 0 Å². The number of aryl methyl sites for hydroxylation is 2. The van der Waals surface area contributed by atoms with Gasteiger partial charge in [0, 0.05) is 6.07 Å². The molecule has 2 heterocycles. The van der Waals surface area contributed by atoms with Gasteiger partial charge < -0.3 is 24.1 Å². The van der Waals surface area contributed by atoms with Gasteiger partial charge in [0.15, 0.2) is 6.61 Å². The van der Waals surface area contributed by atoms with Crippen molar-refractivity contribution >= 4 is 16.9 Å². The molecule has 2 N–H and O–H groups in total. The summed E-state index contributed by atoms with van der Waals surface area (Å²) in [7, 11) is 0. The molecule has 0 saturated carbocycles. The van der Waals surface area contributed by atoms with Gasteiger partial charge in [-0.05, 0) is 36.6 Å². The smallest absolute Gasteiger partial charge is 0.336 e. The average Bonchev–Trinajstić information content (AvgIpc) is 2.65. The van der Waals surface area contributed by atoms with E-state index < -0.39 is 0 Å². The van der Waals surface area contributed by atoms with Crippen LogP contribution in [-0.4, -0.2) is 51.9 Å². The van der Waals surface area contributed by atoms with Gasteiger partial charge in [-0.15, -0.1) is 0 Å². The number of rotatable bonds is 7. The standard InChI is InChI=1S/C20H26N2O5/c1-3-15-12-19(24)27-17-11-14(2)10-16(20(15)17)26-13-18(23)21-4-5-22-6-8-25-9-7-22/h10-12H,3-9,13H2,1-2H3,(H,21,23)/p+1. The molecule has 27 heavy (non-hydrogen) atoms. The third-order valence-corrected chi connectivity index (χ3v) is 4.77. The number of quaternary nitrogens is 1. The second kappa shape index (κ2) is 9.01. The first kappa shape index (κ1) is 19.4. The number of carbonyl (C=O) groups excluding carboxylic acids is 1. The molecule has 0 bridgehead atoms. The number of ether oxygens (including phenoxy) is 2. The van der Waals surface area contributed by atoms with E-state index in [1.54, 1.807) is 0 Å². The van der Waals surface area contributed by atoms with Gasteiger partial charge in [-0.2, -0.15) is 0 Å². The van der Waals surface area contributed by atoms with E-state index in [1.165, 1.54) is 11.0 Å². The maximum atomic E-state index is 12.1. The third kappa shape index (κ3) is 5.08. The Bertz CT molecular complexity index is 855. The lowest BCUT2D eigenvalue weighted by Gasteiger charge is -2.23. The SMILES string of the molecule is CCc1cc(=O)oc2cc(C)cc(OCC(=O)NCC[NH+]3CCOCC3)c12. The van der Waals surface area contributed by atoms with Crippen LogP contribution in [0.25, 0.3) is 11.0 Å². The zero-order chi connectivity index (χ0) is 19.2. The van der Waals surface area contributed by atoms with Crippen molar-refractivity contribution in [3.63, 3.8) is 0 Å². The van der Waals surface area contributed by atoms with Gasteiger partial charge >= 0.3 is 5.63 Å². The van der Waals surface area contributed by atoms with Crippen molar-refractivity contribution in [3.05, 3.63) is 39.7 Å². The Morgan fingerprint density at radius 2 is 2.04 bits per heavy atom. The molecule has 1 amide bonds. The van der Waals surface area contributed by atoms with Crippen LogP contribution in [0, 0.1) is 6.92 Å². The first-order chi connectivity index (χ1) is 13.1. The van der Waals surface area contributed by atoms with Crippen molar-refractivity contribution in [2.75, 3.05) is 46.0 Å². The van der Waals surface area contributed by atoms with Crippen molar-refractivity contribution in [1.29, 1.82) is 0 Å². The van der Waals surface area contributed by atoms with Crippen molar-refractivity contribution < 1.29 is 23.6 Å². The Balaban J connectivity index is 1.62. The van der Waals surface area contributed by atoms with E-state index in [-0.39, 0.29) is 18.1 Å². The molecule has 7 nitrogen and oxygen atoms in total. The Labute approximate surface area is 158 Å². The zero-order valence-corrected chi connectivity index (χ0v) is 15.9. The highest BCUT2D eigenvalue weighted by molar-refractivity contribution is 5.88. The maximum Gasteiger partial charge on any atom is 0.336 e. The molecule has 3 rings (SSSR count). The van der Waals surface area contributed by atoms with E-state index in [2.05, 4.69) is 5.32 Å². The fourth-order valence-electron chi connectivity index (χ4n) is 3.35. The van der Waals surface area contributed by atoms with Crippen LogP contribution >= 0.6 is 0 Å². The lowest BCUT2D eigenvalue weighted by molar-refractivity contribution is -0.906. The number of morpholine rings is 1. The molecule has 0 unspecified atom stereocenters. The number of benzene rings is 1. The molecular formula is C20H27N2O5+. The summed E-state index contributed by atoms with van der Waals surface area (Å²) in [5.74, 6) is 0.410. The van der Waals surface area contributed by atoms with Crippen LogP contribution in [0.1, 0.15) is 18.1 Å². The highest BCUT2D eigenvalue weighted by atomic mass is 16.5. The highest BCUT2D eigenvalue weighted by Gasteiger charge is 2.15. The van der Waals surface area contributed by atoms with Gasteiger partial charge in [-0.25, -0.2) is 4.79 Å². The molecule has 1 aromatic heterocycles. The van der Waals surface area contributed by atoms with E-state index in [0.717, 1.165) is 49.4 Å². The van der Waals surface area contributed by atoms with Crippen LogP contribution in [0.5, 0.6) is 5.75 Å². The van der Waals surface area contributed by atoms with Crippen molar-refractivity contribution in [2.24, 2.45) is 0 Å². The summed E-state index contributed by atoms with van der Waals surface area (Å²) in [5.41, 5.74) is 1.88. The van der Waals surface area contributed by atoms with Gasteiger partial charge in [0.2, 0.25) is 0 Å². The molecule has 1 saturated heterocycles. The minimum atomic E-state index is -0.376. The summed E-state index contributed by atoms with van der Waals surface area (Å²) in [6, 6.07) is 5.16. The Hall–Kier alpha value is -2.38. The average molecular weight is 375 g/mol. The summed E-state index contributed by atoms with van der Waals surface area (Å²) in [6.07, 6.45) is 0.677. The van der Waals surface area contributed by atoms with Crippen LogP contribution in [0.2, 0.25) is 0 Å². The fraction of sp³-hybridized carbons (Fsp3) is 0.500. The molecule has 1 aliphatic heterocycles. The van der Waals surface area contributed by atoms with E-state index in [1.807, 2.05) is 26.0 Å². The van der Waals surface area contributed by atoms with Crippen molar-refractivity contribution in [1.82, 2.24) is 5.32 Å². The first-order valence-electron chi connectivity index (χ1n) is 9.45. The van der Waals surface area contributed by atoms with Crippen molar-refractivity contribution in [3.8, 4) is 5.75 Å². The van der Waals surface area contributed by atoms with E-state index in [9.17, 15) is 9.59 Å². The minimum Gasteiger partial charge on any atom is -0.483 e. The van der Waals surface area contributed by atoms with Gasteiger partial charge in [-0.3, -0.25) is 4.79 Å². The molecule has 146 valence electrons. The normalized spacial score (nSPS) is 15.0. The number of hydrogen-bond donors (Lipinski definition) is 2. The minimum absolute atomic E-state index is 0.0702. The topological polar surface area (TPSA) is 82.2 Å². The summed E-state index contributed by atoms with van der Waals surface area (Å²) < 4.78 is 16.4. The van der Waals surface area contributed by atoms with Gasteiger partial charge in [0.05, 0.1) is 31.7 Å². The molecule has 1 aliphatic rings. The van der Waals surface area contributed by atoms with Gasteiger partial charge in [0.1, 0.15) is 24.4 Å². The zero-order valence-electron chi connectivity index (χ0n) is 15.9. The molecule has 1 fully saturated rings. The molecule has 0 spiro atoms. The Morgan fingerprint density at radius 1 is 1.26 bits per heavy atom. The number of hydrogen-bond acceptors (Lipinski definition) is 5. The van der Waals surface area contributed by atoms with Crippen LogP contribution in [0.4, 0.5) is 0 Å². The highest BCUT2D eigenvalue weighted by Crippen LogP contribution is 2.30.